The van der Waals surface area contributed by atoms with Gasteiger partial charge in [-0.25, -0.2) is 0 Å². The summed E-state index contributed by atoms with van der Waals surface area (Å²) < 4.78 is 13.2. The molecule has 0 radical (unpaired) electrons. The van der Waals surface area contributed by atoms with Gasteiger partial charge in [0.1, 0.15) is 0 Å². The van der Waals surface area contributed by atoms with Gasteiger partial charge in [0.05, 0.1) is 16.6 Å². The molecule has 18 heavy (non-hydrogen) atoms. The Hall–Kier alpha value is -0.840. The van der Waals surface area contributed by atoms with Crippen molar-refractivity contribution in [2.24, 2.45) is 0 Å². The SMILES string of the molecule is Nc1cccc(Cl)c1CS(=O)c1ccc(Br)cc1. The van der Waals surface area contributed by atoms with E-state index in [0.29, 0.717) is 16.5 Å². The van der Waals surface area contributed by atoms with Crippen molar-refractivity contribution in [3.63, 3.8) is 0 Å². The van der Waals surface area contributed by atoms with Gasteiger partial charge in [0, 0.05) is 25.6 Å². The average Bonchev–Trinajstić information content (AvgIpc) is 2.34. The molecule has 1 unspecified atom stereocenters. The van der Waals surface area contributed by atoms with E-state index in [-0.39, 0.29) is 0 Å². The fraction of sp³-hybridized carbons (Fsp3) is 0.0769. The van der Waals surface area contributed by atoms with Gasteiger partial charge < -0.3 is 5.73 Å². The van der Waals surface area contributed by atoms with Gasteiger partial charge in [0.15, 0.2) is 0 Å². The highest BCUT2D eigenvalue weighted by Crippen LogP contribution is 2.25. The Morgan fingerprint density at radius 3 is 2.44 bits per heavy atom. The van der Waals surface area contributed by atoms with Crippen LogP contribution in [0.25, 0.3) is 0 Å². The van der Waals surface area contributed by atoms with E-state index in [1.54, 1.807) is 18.2 Å². The normalized spacial score (nSPS) is 12.3. The van der Waals surface area contributed by atoms with Crippen molar-refractivity contribution in [1.82, 2.24) is 0 Å². The van der Waals surface area contributed by atoms with Crippen molar-refractivity contribution in [2.75, 3.05) is 5.73 Å². The maximum Gasteiger partial charge on any atom is 0.0575 e. The first-order valence-electron chi connectivity index (χ1n) is 5.25. The average molecular weight is 345 g/mol. The molecule has 0 saturated carbocycles. The third kappa shape index (κ3) is 3.13. The largest absolute Gasteiger partial charge is 0.398 e. The molecule has 1 atom stereocenters. The van der Waals surface area contributed by atoms with E-state index in [9.17, 15) is 4.21 Å². The fourth-order valence-electron chi connectivity index (χ4n) is 1.53. The molecule has 2 N–H and O–H groups in total. The Bertz CT molecular complexity index is 566. The second-order valence-electron chi connectivity index (χ2n) is 3.75. The predicted octanol–water partition coefficient (Wildman–Crippen LogP) is 3.99. The third-order valence-corrected chi connectivity index (χ3v) is 4.74. The summed E-state index contributed by atoms with van der Waals surface area (Å²) in [5, 5.41) is 0.556. The summed E-state index contributed by atoms with van der Waals surface area (Å²) in [5.41, 5.74) is 7.16. The van der Waals surface area contributed by atoms with Crippen molar-refractivity contribution >= 4 is 44.0 Å². The standard InChI is InChI=1S/C13H11BrClNOS/c14-9-4-6-10(7-5-9)18(17)8-11-12(15)2-1-3-13(11)16/h1-7H,8,16H2. The zero-order chi connectivity index (χ0) is 13.1. The summed E-state index contributed by atoms with van der Waals surface area (Å²) in [6, 6.07) is 12.7. The molecule has 2 aromatic carbocycles. The van der Waals surface area contributed by atoms with Crippen LogP contribution in [0.15, 0.2) is 51.8 Å². The first-order valence-corrected chi connectivity index (χ1v) is 7.73. The highest BCUT2D eigenvalue weighted by Gasteiger charge is 2.10. The molecule has 0 bridgehead atoms. The molecule has 0 aliphatic heterocycles. The maximum absolute atomic E-state index is 12.2. The van der Waals surface area contributed by atoms with Crippen molar-refractivity contribution < 1.29 is 4.21 Å². The molecule has 2 rings (SSSR count). The molecule has 0 fully saturated rings. The molecule has 0 heterocycles. The number of hydrogen-bond donors (Lipinski definition) is 1. The van der Waals surface area contributed by atoms with Gasteiger partial charge in [-0.3, -0.25) is 4.21 Å². The van der Waals surface area contributed by atoms with Crippen LogP contribution >= 0.6 is 27.5 Å². The summed E-state index contributed by atoms with van der Waals surface area (Å²) in [7, 11) is -1.15. The van der Waals surface area contributed by atoms with Crippen LogP contribution < -0.4 is 5.73 Å². The molecule has 0 spiro atoms. The van der Waals surface area contributed by atoms with E-state index in [1.807, 2.05) is 24.3 Å². The lowest BCUT2D eigenvalue weighted by Crippen LogP contribution is -2.01. The number of nitrogen functional groups attached to an aromatic ring is 1. The van der Waals surface area contributed by atoms with E-state index < -0.39 is 10.8 Å². The third-order valence-electron chi connectivity index (χ3n) is 2.51. The summed E-state index contributed by atoms with van der Waals surface area (Å²) in [5.74, 6) is 0.327. The van der Waals surface area contributed by atoms with Gasteiger partial charge >= 0.3 is 0 Å². The molecular weight excluding hydrogens is 334 g/mol. The minimum Gasteiger partial charge on any atom is -0.398 e. The maximum atomic E-state index is 12.2. The molecule has 2 nitrogen and oxygen atoms in total. The highest BCUT2D eigenvalue weighted by molar-refractivity contribution is 9.10. The summed E-state index contributed by atoms with van der Waals surface area (Å²) in [6.45, 7) is 0. The molecule has 0 amide bonds. The quantitative estimate of drug-likeness (QED) is 0.855. The molecule has 0 aliphatic rings. The molecular formula is C13H11BrClNOS. The van der Waals surface area contributed by atoms with E-state index in [4.69, 9.17) is 17.3 Å². The second-order valence-corrected chi connectivity index (χ2v) is 6.53. The molecule has 94 valence electrons. The zero-order valence-corrected chi connectivity index (χ0v) is 12.6. The number of anilines is 1. The van der Waals surface area contributed by atoms with Crippen LogP contribution in [0, 0.1) is 0 Å². The van der Waals surface area contributed by atoms with E-state index in [2.05, 4.69) is 15.9 Å². The van der Waals surface area contributed by atoms with Crippen molar-refractivity contribution in [2.45, 2.75) is 10.6 Å². The van der Waals surface area contributed by atoms with Crippen molar-refractivity contribution in [3.05, 3.63) is 57.5 Å². The molecule has 0 saturated heterocycles. The molecule has 5 heteroatoms. The van der Waals surface area contributed by atoms with Crippen LogP contribution in [0.4, 0.5) is 5.69 Å². The van der Waals surface area contributed by atoms with E-state index in [1.165, 1.54) is 0 Å². The van der Waals surface area contributed by atoms with Gasteiger partial charge in [-0.15, -0.1) is 0 Å². The minimum atomic E-state index is -1.15. The Kier molecular flexibility index (Phi) is 4.43. The van der Waals surface area contributed by atoms with Crippen LogP contribution in [0.2, 0.25) is 5.02 Å². The summed E-state index contributed by atoms with van der Waals surface area (Å²) in [6.07, 6.45) is 0. The number of benzene rings is 2. The van der Waals surface area contributed by atoms with Crippen LogP contribution in [-0.4, -0.2) is 4.21 Å². The predicted molar refractivity (Wildman–Crippen MR) is 80.1 cm³/mol. The summed E-state index contributed by atoms with van der Waals surface area (Å²) in [4.78, 5) is 0.762. The van der Waals surface area contributed by atoms with Gasteiger partial charge in [0.25, 0.3) is 0 Å². The van der Waals surface area contributed by atoms with Crippen molar-refractivity contribution in [1.29, 1.82) is 0 Å². The summed E-state index contributed by atoms with van der Waals surface area (Å²) >= 11 is 9.41. The Labute approximate surface area is 122 Å². The zero-order valence-electron chi connectivity index (χ0n) is 9.40. The molecule has 0 aliphatic carbocycles. The van der Waals surface area contributed by atoms with Gasteiger partial charge in [-0.2, -0.15) is 0 Å². The Morgan fingerprint density at radius 2 is 1.83 bits per heavy atom. The van der Waals surface area contributed by atoms with Gasteiger partial charge in [-0.1, -0.05) is 33.6 Å². The van der Waals surface area contributed by atoms with E-state index in [0.717, 1.165) is 14.9 Å². The minimum absolute atomic E-state index is 0.327. The Morgan fingerprint density at radius 1 is 1.17 bits per heavy atom. The monoisotopic (exact) mass is 343 g/mol. The lowest BCUT2D eigenvalue weighted by atomic mass is 10.2. The lowest BCUT2D eigenvalue weighted by Gasteiger charge is -2.08. The van der Waals surface area contributed by atoms with Crippen LogP contribution in [0.3, 0.4) is 0 Å². The van der Waals surface area contributed by atoms with Gasteiger partial charge in [-0.05, 0) is 36.4 Å². The number of rotatable bonds is 3. The second kappa shape index (κ2) is 5.87. The topological polar surface area (TPSA) is 43.1 Å². The first-order chi connectivity index (χ1) is 8.58. The van der Waals surface area contributed by atoms with Gasteiger partial charge in [0.2, 0.25) is 0 Å². The number of halogens is 2. The lowest BCUT2D eigenvalue weighted by molar-refractivity contribution is 0.682. The fourth-order valence-corrected chi connectivity index (χ4v) is 3.31. The highest BCUT2D eigenvalue weighted by atomic mass is 79.9. The van der Waals surface area contributed by atoms with Crippen LogP contribution in [0.5, 0.6) is 0 Å². The molecule has 0 aromatic heterocycles. The van der Waals surface area contributed by atoms with Crippen molar-refractivity contribution in [3.8, 4) is 0 Å². The number of hydrogen-bond acceptors (Lipinski definition) is 2. The molecule has 2 aromatic rings. The Balaban J connectivity index is 2.24. The van der Waals surface area contributed by atoms with Crippen LogP contribution in [-0.2, 0) is 16.6 Å². The van der Waals surface area contributed by atoms with E-state index >= 15 is 0 Å². The van der Waals surface area contributed by atoms with Crippen LogP contribution in [0.1, 0.15) is 5.56 Å². The number of nitrogens with two attached hydrogens (primary N) is 1. The first kappa shape index (κ1) is 13.6. The smallest absolute Gasteiger partial charge is 0.0575 e.